The third kappa shape index (κ3) is 3.75. The highest BCUT2D eigenvalue weighted by atomic mass is 32.2. The van der Waals surface area contributed by atoms with Crippen LogP contribution >= 0.6 is 0 Å². The molecule has 2 aromatic heterocycles. The van der Waals surface area contributed by atoms with Gasteiger partial charge in [-0.1, -0.05) is 17.3 Å². The number of nitrogens with zero attached hydrogens (tertiary/aromatic N) is 3. The Balaban J connectivity index is 1.59. The van der Waals surface area contributed by atoms with Gasteiger partial charge >= 0.3 is 5.97 Å². The summed E-state index contributed by atoms with van der Waals surface area (Å²) >= 11 is 0. The summed E-state index contributed by atoms with van der Waals surface area (Å²) in [5, 5.41) is 3.96. The zero-order valence-corrected chi connectivity index (χ0v) is 17.4. The summed E-state index contributed by atoms with van der Waals surface area (Å²) in [7, 11) is -2.69. The first-order valence-corrected chi connectivity index (χ1v) is 10.9. The molecule has 1 aromatic carbocycles. The lowest BCUT2D eigenvalue weighted by Crippen LogP contribution is -2.39. The van der Waals surface area contributed by atoms with E-state index in [1.807, 2.05) is 6.92 Å². The van der Waals surface area contributed by atoms with E-state index in [-0.39, 0.29) is 22.9 Å². The summed E-state index contributed by atoms with van der Waals surface area (Å²) < 4.78 is 43.5. The van der Waals surface area contributed by atoms with Crippen molar-refractivity contribution in [3.63, 3.8) is 0 Å². The number of esters is 1. The Morgan fingerprint density at radius 1 is 1.23 bits per heavy atom. The van der Waals surface area contributed by atoms with Crippen LogP contribution < -0.4 is 0 Å². The van der Waals surface area contributed by atoms with Crippen LogP contribution in [-0.2, 0) is 14.8 Å². The normalized spacial score (nSPS) is 17.7. The van der Waals surface area contributed by atoms with Gasteiger partial charge in [0.1, 0.15) is 5.76 Å². The lowest BCUT2D eigenvalue weighted by molar-refractivity contribution is 0.0596. The number of rotatable bonds is 5. The number of aryl methyl sites for hydroxylation is 1. The van der Waals surface area contributed by atoms with E-state index in [9.17, 15) is 13.2 Å². The number of piperidine rings is 1. The molecule has 0 bridgehead atoms. The van der Waals surface area contributed by atoms with E-state index in [4.69, 9.17) is 13.7 Å². The Morgan fingerprint density at radius 3 is 2.77 bits per heavy atom. The summed E-state index contributed by atoms with van der Waals surface area (Å²) in [4.78, 5) is 16.4. The first kappa shape index (κ1) is 20.3. The van der Waals surface area contributed by atoms with E-state index in [1.165, 1.54) is 23.5 Å². The van der Waals surface area contributed by atoms with Crippen LogP contribution in [0.25, 0.3) is 11.6 Å². The van der Waals surface area contributed by atoms with E-state index in [1.54, 1.807) is 24.3 Å². The molecule has 158 valence electrons. The number of carbonyl (C=O) groups excluding carboxylic acids is 1. The minimum absolute atomic E-state index is 0.00962. The standard InChI is InChI=1S/C20H21N3O6S/c1-13-9-10-16(28-13)18-21-19(29-22-18)14-6-5-11-23(12-14)30(25,26)17-8-4-3-7-15(17)20(24)27-2/h3-4,7-10,14H,5-6,11-12H2,1-2H3. The largest absolute Gasteiger partial charge is 0.465 e. The number of aromatic nitrogens is 2. The van der Waals surface area contributed by atoms with Gasteiger partial charge in [0.25, 0.3) is 0 Å². The molecule has 4 rings (SSSR count). The van der Waals surface area contributed by atoms with Gasteiger partial charge in [-0.3, -0.25) is 0 Å². The molecule has 1 unspecified atom stereocenters. The van der Waals surface area contributed by atoms with Gasteiger partial charge in [0.2, 0.25) is 21.7 Å². The second-order valence-corrected chi connectivity index (χ2v) is 8.96. The van der Waals surface area contributed by atoms with E-state index >= 15 is 0 Å². The van der Waals surface area contributed by atoms with Crippen molar-refractivity contribution >= 4 is 16.0 Å². The smallest absolute Gasteiger partial charge is 0.339 e. The van der Waals surface area contributed by atoms with Gasteiger partial charge in [-0.15, -0.1) is 0 Å². The van der Waals surface area contributed by atoms with Crippen molar-refractivity contribution in [2.75, 3.05) is 20.2 Å². The van der Waals surface area contributed by atoms with E-state index < -0.39 is 16.0 Å². The van der Waals surface area contributed by atoms with Gasteiger partial charge in [-0.25, -0.2) is 13.2 Å². The van der Waals surface area contributed by atoms with Gasteiger partial charge < -0.3 is 13.7 Å². The summed E-state index contributed by atoms with van der Waals surface area (Å²) in [5.74, 6) is 0.966. The van der Waals surface area contributed by atoms with Crippen molar-refractivity contribution in [1.29, 1.82) is 0 Å². The van der Waals surface area contributed by atoms with Crippen LogP contribution in [0.15, 0.2) is 50.2 Å². The quantitative estimate of drug-likeness (QED) is 0.566. The van der Waals surface area contributed by atoms with E-state index in [0.29, 0.717) is 36.9 Å². The molecule has 0 amide bonds. The third-order valence-electron chi connectivity index (χ3n) is 5.05. The zero-order chi connectivity index (χ0) is 21.3. The molecule has 30 heavy (non-hydrogen) atoms. The maximum atomic E-state index is 13.3. The number of carbonyl (C=O) groups is 1. The molecule has 9 nitrogen and oxygen atoms in total. The molecule has 1 aliphatic heterocycles. The molecule has 0 aliphatic carbocycles. The van der Waals surface area contributed by atoms with Crippen LogP contribution in [0, 0.1) is 6.92 Å². The van der Waals surface area contributed by atoms with E-state index in [0.717, 1.165) is 5.76 Å². The SMILES string of the molecule is COC(=O)c1ccccc1S(=O)(=O)N1CCCC(c2nc(-c3ccc(C)o3)no2)C1. The molecular formula is C20H21N3O6S. The Labute approximate surface area is 173 Å². The molecule has 0 radical (unpaired) electrons. The Kier molecular flexibility index (Phi) is 5.44. The van der Waals surface area contributed by atoms with Gasteiger partial charge in [-0.05, 0) is 44.0 Å². The summed E-state index contributed by atoms with van der Waals surface area (Å²) in [6.45, 7) is 2.34. The number of ether oxygens (including phenoxy) is 1. The summed E-state index contributed by atoms with van der Waals surface area (Å²) in [6.07, 6.45) is 1.34. The number of benzene rings is 1. The Bertz CT molecular complexity index is 1170. The first-order valence-electron chi connectivity index (χ1n) is 9.48. The molecule has 1 fully saturated rings. The molecular weight excluding hydrogens is 410 g/mol. The van der Waals surface area contributed by atoms with E-state index in [2.05, 4.69) is 10.1 Å². The van der Waals surface area contributed by atoms with Crippen molar-refractivity contribution in [2.45, 2.75) is 30.6 Å². The highest BCUT2D eigenvalue weighted by molar-refractivity contribution is 7.89. The van der Waals surface area contributed by atoms with Crippen LogP contribution in [0.2, 0.25) is 0 Å². The van der Waals surface area contributed by atoms with Gasteiger partial charge in [0, 0.05) is 13.1 Å². The molecule has 10 heteroatoms. The van der Waals surface area contributed by atoms with Crippen LogP contribution in [0.1, 0.15) is 40.8 Å². The van der Waals surface area contributed by atoms with Gasteiger partial charge in [0.05, 0.1) is 23.5 Å². The Morgan fingerprint density at radius 2 is 2.03 bits per heavy atom. The van der Waals surface area contributed by atoms with Crippen molar-refractivity contribution in [3.8, 4) is 11.6 Å². The van der Waals surface area contributed by atoms with Crippen LogP contribution in [0.4, 0.5) is 0 Å². The molecule has 3 aromatic rings. The average Bonchev–Trinajstić information content (AvgIpc) is 3.42. The summed E-state index contributed by atoms with van der Waals surface area (Å²) in [6, 6.07) is 9.59. The van der Waals surface area contributed by atoms with Gasteiger partial charge in [-0.2, -0.15) is 9.29 Å². The molecule has 1 saturated heterocycles. The fourth-order valence-corrected chi connectivity index (χ4v) is 5.23. The van der Waals surface area contributed by atoms with Crippen molar-refractivity contribution in [1.82, 2.24) is 14.4 Å². The molecule has 0 spiro atoms. The van der Waals surface area contributed by atoms with Crippen molar-refractivity contribution < 1.29 is 26.9 Å². The molecule has 0 N–H and O–H groups in total. The van der Waals surface area contributed by atoms with Gasteiger partial charge in [0.15, 0.2) is 5.76 Å². The number of sulfonamides is 1. The predicted octanol–water partition coefficient (Wildman–Crippen LogP) is 2.99. The first-order chi connectivity index (χ1) is 14.4. The van der Waals surface area contributed by atoms with Crippen molar-refractivity contribution in [3.05, 3.63) is 53.6 Å². The minimum Gasteiger partial charge on any atom is -0.465 e. The Hall–Kier alpha value is -2.98. The highest BCUT2D eigenvalue weighted by Crippen LogP contribution is 2.31. The number of hydrogen-bond acceptors (Lipinski definition) is 8. The monoisotopic (exact) mass is 431 g/mol. The molecule has 3 heterocycles. The number of furan rings is 1. The predicted molar refractivity (Wildman–Crippen MR) is 105 cm³/mol. The fraction of sp³-hybridized carbons (Fsp3) is 0.350. The van der Waals surface area contributed by atoms with Crippen molar-refractivity contribution in [2.24, 2.45) is 0 Å². The van der Waals surface area contributed by atoms with Crippen LogP contribution in [-0.4, -0.2) is 49.0 Å². The highest BCUT2D eigenvalue weighted by Gasteiger charge is 2.35. The number of hydrogen-bond donors (Lipinski definition) is 0. The summed E-state index contributed by atoms with van der Waals surface area (Å²) in [5.41, 5.74) is 0.00962. The molecule has 1 atom stereocenters. The lowest BCUT2D eigenvalue weighted by Gasteiger charge is -2.30. The third-order valence-corrected chi connectivity index (χ3v) is 6.97. The average molecular weight is 431 g/mol. The number of methoxy groups -OCH3 is 1. The topological polar surface area (TPSA) is 116 Å². The maximum absolute atomic E-state index is 13.3. The maximum Gasteiger partial charge on any atom is 0.339 e. The zero-order valence-electron chi connectivity index (χ0n) is 16.6. The fourth-order valence-electron chi connectivity index (χ4n) is 3.53. The van der Waals surface area contributed by atoms with Crippen LogP contribution in [0.3, 0.4) is 0 Å². The second kappa shape index (κ2) is 8.04. The molecule has 1 aliphatic rings. The lowest BCUT2D eigenvalue weighted by atomic mass is 10.00. The molecule has 0 saturated carbocycles. The van der Waals surface area contributed by atoms with Crippen LogP contribution in [0.5, 0.6) is 0 Å². The second-order valence-electron chi connectivity index (χ2n) is 7.06. The minimum atomic E-state index is -3.91.